The van der Waals surface area contributed by atoms with Crippen LogP contribution in [0.1, 0.15) is 5.56 Å². The number of halogens is 1. The second-order valence-electron chi connectivity index (χ2n) is 4.04. The predicted octanol–water partition coefficient (Wildman–Crippen LogP) is 3.66. The molecule has 0 spiro atoms. The van der Waals surface area contributed by atoms with Gasteiger partial charge in [0.1, 0.15) is 16.8 Å². The Bertz CT molecular complexity index is 729. The van der Waals surface area contributed by atoms with Crippen molar-refractivity contribution < 1.29 is 5.11 Å². The molecule has 0 aliphatic heterocycles. The SMILES string of the molecule is Oc1ccccc1CNc1c(Cl)ccc2nsnc12. The number of benzene rings is 2. The van der Waals surface area contributed by atoms with Gasteiger partial charge in [-0.15, -0.1) is 0 Å². The monoisotopic (exact) mass is 291 g/mol. The summed E-state index contributed by atoms with van der Waals surface area (Å²) in [6.07, 6.45) is 0. The van der Waals surface area contributed by atoms with Crippen LogP contribution >= 0.6 is 23.3 Å². The third-order valence-corrected chi connectivity index (χ3v) is 3.68. The van der Waals surface area contributed by atoms with E-state index in [1.807, 2.05) is 18.2 Å². The number of phenols is 1. The summed E-state index contributed by atoms with van der Waals surface area (Å²) in [5.41, 5.74) is 3.12. The van der Waals surface area contributed by atoms with E-state index in [4.69, 9.17) is 11.6 Å². The molecule has 0 saturated carbocycles. The molecule has 6 heteroatoms. The molecule has 0 atom stereocenters. The Morgan fingerprint density at radius 2 is 2.00 bits per heavy atom. The first kappa shape index (κ1) is 12.2. The van der Waals surface area contributed by atoms with E-state index in [0.29, 0.717) is 11.6 Å². The maximum absolute atomic E-state index is 9.73. The highest BCUT2D eigenvalue weighted by atomic mass is 35.5. The summed E-state index contributed by atoms with van der Waals surface area (Å²) in [7, 11) is 0. The van der Waals surface area contributed by atoms with Crippen LogP contribution in [0.15, 0.2) is 36.4 Å². The van der Waals surface area contributed by atoms with Gasteiger partial charge < -0.3 is 10.4 Å². The quantitative estimate of drug-likeness (QED) is 0.773. The van der Waals surface area contributed by atoms with E-state index in [1.165, 1.54) is 0 Å². The van der Waals surface area contributed by atoms with Crippen molar-refractivity contribution in [1.82, 2.24) is 8.75 Å². The largest absolute Gasteiger partial charge is 0.508 e. The van der Waals surface area contributed by atoms with Gasteiger partial charge in [-0.2, -0.15) is 8.75 Å². The lowest BCUT2D eigenvalue weighted by Gasteiger charge is -2.09. The number of hydrogen-bond donors (Lipinski definition) is 2. The summed E-state index contributed by atoms with van der Waals surface area (Å²) in [6, 6.07) is 10.8. The smallest absolute Gasteiger partial charge is 0.129 e. The minimum Gasteiger partial charge on any atom is -0.508 e. The molecule has 3 aromatic rings. The van der Waals surface area contributed by atoms with Crippen molar-refractivity contribution in [2.24, 2.45) is 0 Å². The Balaban J connectivity index is 1.92. The Kier molecular flexibility index (Phi) is 3.23. The summed E-state index contributed by atoms with van der Waals surface area (Å²) in [5.74, 6) is 0.259. The molecule has 1 heterocycles. The number of hydrogen-bond acceptors (Lipinski definition) is 5. The van der Waals surface area contributed by atoms with Crippen LogP contribution in [-0.4, -0.2) is 13.9 Å². The molecule has 0 saturated heterocycles. The summed E-state index contributed by atoms with van der Waals surface area (Å²) >= 11 is 7.33. The number of para-hydroxylation sites is 1. The maximum atomic E-state index is 9.73. The van der Waals surface area contributed by atoms with E-state index in [2.05, 4.69) is 14.1 Å². The van der Waals surface area contributed by atoms with Gasteiger partial charge in [-0.05, 0) is 18.2 Å². The lowest BCUT2D eigenvalue weighted by molar-refractivity contribution is 0.469. The Morgan fingerprint density at radius 3 is 2.84 bits per heavy atom. The summed E-state index contributed by atoms with van der Waals surface area (Å²) in [5, 5.41) is 13.5. The molecule has 0 aliphatic rings. The van der Waals surface area contributed by atoms with Gasteiger partial charge in [0.25, 0.3) is 0 Å². The lowest BCUT2D eigenvalue weighted by atomic mass is 10.2. The van der Waals surface area contributed by atoms with E-state index in [9.17, 15) is 5.11 Å². The molecular weight excluding hydrogens is 282 g/mol. The number of nitrogens with zero attached hydrogens (tertiary/aromatic N) is 2. The summed E-state index contributed by atoms with van der Waals surface area (Å²) in [6.45, 7) is 0.475. The van der Waals surface area contributed by atoms with Gasteiger partial charge in [-0.25, -0.2) is 0 Å². The van der Waals surface area contributed by atoms with Gasteiger partial charge in [-0.3, -0.25) is 0 Å². The minimum atomic E-state index is 0.259. The molecule has 2 N–H and O–H groups in total. The van der Waals surface area contributed by atoms with Gasteiger partial charge in [-0.1, -0.05) is 29.8 Å². The number of rotatable bonds is 3. The fraction of sp³-hybridized carbons (Fsp3) is 0.0769. The van der Waals surface area contributed by atoms with Gasteiger partial charge in [0.2, 0.25) is 0 Å². The summed E-state index contributed by atoms with van der Waals surface area (Å²) < 4.78 is 8.41. The Hall–Kier alpha value is -1.85. The van der Waals surface area contributed by atoms with Gasteiger partial charge in [0, 0.05) is 12.1 Å². The fourth-order valence-electron chi connectivity index (χ4n) is 1.84. The van der Waals surface area contributed by atoms with Crippen molar-refractivity contribution in [2.45, 2.75) is 6.54 Å². The standard InChI is InChI=1S/C13H10ClN3OS/c14-9-5-6-10-13(17-19-16-10)12(9)15-7-8-3-1-2-4-11(8)18/h1-6,15,18H,7H2. The normalized spacial score (nSPS) is 10.8. The van der Waals surface area contributed by atoms with Crippen LogP contribution in [0.25, 0.3) is 11.0 Å². The highest BCUT2D eigenvalue weighted by Crippen LogP contribution is 2.30. The minimum absolute atomic E-state index is 0.259. The van der Waals surface area contributed by atoms with E-state index in [1.54, 1.807) is 18.2 Å². The summed E-state index contributed by atoms with van der Waals surface area (Å²) in [4.78, 5) is 0. The average Bonchev–Trinajstić information content (AvgIpc) is 2.88. The van der Waals surface area contributed by atoms with Crippen LogP contribution in [0.2, 0.25) is 5.02 Å². The van der Waals surface area contributed by atoms with Crippen molar-refractivity contribution in [3.63, 3.8) is 0 Å². The van der Waals surface area contributed by atoms with Gasteiger partial charge in [0.15, 0.2) is 0 Å². The molecular formula is C13H10ClN3OS. The fourth-order valence-corrected chi connectivity index (χ4v) is 2.60. The molecule has 96 valence electrons. The Labute approximate surface area is 119 Å². The van der Waals surface area contributed by atoms with Crippen LogP contribution in [0, 0.1) is 0 Å². The third kappa shape index (κ3) is 2.34. The lowest BCUT2D eigenvalue weighted by Crippen LogP contribution is -2.01. The van der Waals surface area contributed by atoms with E-state index >= 15 is 0 Å². The first-order valence-electron chi connectivity index (χ1n) is 5.67. The van der Waals surface area contributed by atoms with E-state index in [-0.39, 0.29) is 5.75 Å². The van der Waals surface area contributed by atoms with Crippen LogP contribution in [0.3, 0.4) is 0 Å². The Morgan fingerprint density at radius 1 is 1.16 bits per heavy atom. The average molecular weight is 292 g/mol. The number of nitrogens with one attached hydrogen (secondary N) is 1. The molecule has 0 bridgehead atoms. The molecule has 0 amide bonds. The number of phenolic OH excluding ortho intramolecular Hbond substituents is 1. The third-order valence-electron chi connectivity index (χ3n) is 2.82. The molecule has 3 rings (SSSR count). The highest BCUT2D eigenvalue weighted by molar-refractivity contribution is 7.00. The van der Waals surface area contributed by atoms with Crippen LogP contribution in [0.4, 0.5) is 5.69 Å². The van der Waals surface area contributed by atoms with Crippen molar-refractivity contribution in [2.75, 3.05) is 5.32 Å². The van der Waals surface area contributed by atoms with Crippen molar-refractivity contribution in [1.29, 1.82) is 0 Å². The van der Waals surface area contributed by atoms with Crippen LogP contribution in [0.5, 0.6) is 5.75 Å². The molecule has 19 heavy (non-hydrogen) atoms. The zero-order chi connectivity index (χ0) is 13.2. The second kappa shape index (κ2) is 5.03. The molecule has 4 nitrogen and oxygen atoms in total. The maximum Gasteiger partial charge on any atom is 0.129 e. The molecule has 0 radical (unpaired) electrons. The van der Waals surface area contributed by atoms with Crippen molar-refractivity contribution >= 4 is 40.0 Å². The molecule has 2 aromatic carbocycles. The zero-order valence-corrected chi connectivity index (χ0v) is 11.4. The van der Waals surface area contributed by atoms with E-state index in [0.717, 1.165) is 34.0 Å². The van der Waals surface area contributed by atoms with E-state index < -0.39 is 0 Å². The predicted molar refractivity (Wildman–Crippen MR) is 77.9 cm³/mol. The first-order valence-corrected chi connectivity index (χ1v) is 6.78. The van der Waals surface area contributed by atoms with Crippen LogP contribution in [-0.2, 0) is 6.54 Å². The zero-order valence-electron chi connectivity index (χ0n) is 9.80. The topological polar surface area (TPSA) is 58.0 Å². The number of fused-ring (bicyclic) bond motifs is 1. The van der Waals surface area contributed by atoms with Gasteiger partial charge in [0.05, 0.1) is 22.4 Å². The number of aromatic hydroxyl groups is 1. The van der Waals surface area contributed by atoms with Crippen molar-refractivity contribution in [3.8, 4) is 5.75 Å². The number of aromatic nitrogens is 2. The highest BCUT2D eigenvalue weighted by Gasteiger charge is 2.10. The second-order valence-corrected chi connectivity index (χ2v) is 4.97. The number of anilines is 1. The first-order chi connectivity index (χ1) is 9.25. The molecule has 1 aromatic heterocycles. The molecule has 0 fully saturated rings. The molecule has 0 aliphatic carbocycles. The van der Waals surface area contributed by atoms with Crippen LogP contribution < -0.4 is 5.32 Å². The van der Waals surface area contributed by atoms with Crippen molar-refractivity contribution in [3.05, 3.63) is 47.0 Å². The van der Waals surface area contributed by atoms with Gasteiger partial charge >= 0.3 is 0 Å². The molecule has 0 unspecified atom stereocenters.